The number of H-pyrrole nitrogens is 1. The molecule has 1 atom stereocenters. The maximum atomic E-state index is 14.3. The van der Waals surface area contributed by atoms with E-state index in [0.29, 0.717) is 39.4 Å². The number of alkyl halides is 1. The van der Waals surface area contributed by atoms with Crippen molar-refractivity contribution in [1.82, 2.24) is 35.3 Å². The van der Waals surface area contributed by atoms with Crippen LogP contribution in [-0.2, 0) is 0 Å². The maximum Gasteiger partial charge on any atom is 0.255 e. The summed E-state index contributed by atoms with van der Waals surface area (Å²) >= 11 is 0. The summed E-state index contributed by atoms with van der Waals surface area (Å²) in [6.45, 7) is 2.30. The van der Waals surface area contributed by atoms with Crippen LogP contribution in [0, 0.1) is 11.3 Å². The minimum Gasteiger partial charge on any atom is -0.387 e. The zero-order chi connectivity index (χ0) is 26.2. The van der Waals surface area contributed by atoms with Gasteiger partial charge in [-0.1, -0.05) is 0 Å². The number of aromatic amines is 1. The normalized spacial score (nSPS) is 12.4. The highest BCUT2D eigenvalue weighted by Crippen LogP contribution is 2.27. The number of nitrogens with one attached hydrogen (secondary N) is 3. The Morgan fingerprint density at radius 3 is 2.78 bits per heavy atom. The quantitative estimate of drug-likeness (QED) is 0.266. The van der Waals surface area contributed by atoms with Crippen LogP contribution in [0.4, 0.5) is 15.8 Å². The van der Waals surface area contributed by atoms with Gasteiger partial charge < -0.3 is 15.7 Å². The van der Waals surface area contributed by atoms with Crippen molar-refractivity contribution in [2.45, 2.75) is 25.6 Å². The second-order valence-corrected chi connectivity index (χ2v) is 9.01. The number of fused-ring (bicyclic) bond motifs is 2. The third-order valence-corrected chi connectivity index (χ3v) is 5.84. The van der Waals surface area contributed by atoms with Crippen LogP contribution >= 0.6 is 0 Å². The first kappa shape index (κ1) is 23.8. The van der Waals surface area contributed by atoms with E-state index in [1.807, 2.05) is 6.07 Å². The van der Waals surface area contributed by atoms with Crippen molar-refractivity contribution in [3.05, 3.63) is 66.1 Å². The van der Waals surface area contributed by atoms with Gasteiger partial charge in [-0.15, -0.1) is 0 Å². The third kappa shape index (κ3) is 4.80. The van der Waals surface area contributed by atoms with Crippen LogP contribution in [0.2, 0.25) is 0 Å². The number of hydrogen-bond acceptors (Lipinski definition) is 8. The predicted octanol–water partition coefficient (Wildman–Crippen LogP) is 3.15. The molecule has 0 saturated heterocycles. The van der Waals surface area contributed by atoms with E-state index in [2.05, 4.69) is 42.1 Å². The molecule has 0 aliphatic carbocycles. The molecule has 5 rings (SSSR count). The Hall–Kier alpha value is -4.89. The van der Waals surface area contributed by atoms with E-state index >= 15 is 0 Å². The molecule has 0 saturated carbocycles. The van der Waals surface area contributed by atoms with E-state index < -0.39 is 17.7 Å². The zero-order valence-electron chi connectivity index (χ0n) is 19.9. The third-order valence-electron chi connectivity index (χ3n) is 5.84. The summed E-state index contributed by atoms with van der Waals surface area (Å²) < 4.78 is 16.0. The van der Waals surface area contributed by atoms with Gasteiger partial charge in [-0.25, -0.2) is 14.4 Å². The number of halogens is 1. The molecule has 1 unspecified atom stereocenters. The first-order valence-corrected chi connectivity index (χ1v) is 11.3. The van der Waals surface area contributed by atoms with E-state index in [-0.39, 0.29) is 12.1 Å². The number of nitrogens with zero attached hydrogens (tertiary/aromatic N) is 6. The maximum absolute atomic E-state index is 14.3. The van der Waals surface area contributed by atoms with Gasteiger partial charge in [0.15, 0.2) is 0 Å². The number of carbonyl (C=O) groups excluding carboxylic acids is 1. The minimum absolute atomic E-state index is 0.170. The Kier molecular flexibility index (Phi) is 5.98. The van der Waals surface area contributed by atoms with Gasteiger partial charge in [-0.05, 0) is 44.2 Å². The van der Waals surface area contributed by atoms with E-state index in [4.69, 9.17) is 5.26 Å². The van der Waals surface area contributed by atoms with E-state index in [1.54, 1.807) is 41.1 Å². The summed E-state index contributed by atoms with van der Waals surface area (Å²) in [7, 11) is 0. The molecule has 0 radical (unpaired) electrons. The number of anilines is 2. The molecule has 4 aromatic heterocycles. The lowest BCUT2D eigenvalue weighted by Gasteiger charge is -2.22. The van der Waals surface area contributed by atoms with Crippen molar-refractivity contribution in [3.8, 4) is 11.9 Å². The Balaban J connectivity index is 1.52. The summed E-state index contributed by atoms with van der Waals surface area (Å²) in [6, 6.07) is 12.6. The molecule has 1 aromatic carbocycles. The Morgan fingerprint density at radius 2 is 2.00 bits per heavy atom. The van der Waals surface area contributed by atoms with Gasteiger partial charge in [0.1, 0.15) is 34.7 Å². The number of aliphatic hydroxyl groups is 1. The van der Waals surface area contributed by atoms with Crippen molar-refractivity contribution in [1.29, 1.82) is 5.26 Å². The average molecular weight is 500 g/mol. The number of carbonyl (C=O) groups is 1. The molecule has 0 bridgehead atoms. The number of hydrogen-bond donors (Lipinski definition) is 4. The molecule has 186 valence electrons. The van der Waals surface area contributed by atoms with Crippen LogP contribution in [0.15, 0.2) is 55.0 Å². The molecule has 11 nitrogen and oxygen atoms in total. The number of pyridine rings is 2. The van der Waals surface area contributed by atoms with Gasteiger partial charge in [0.2, 0.25) is 0 Å². The molecule has 12 heteroatoms. The summed E-state index contributed by atoms with van der Waals surface area (Å²) in [5.41, 5.74) is 1.95. The van der Waals surface area contributed by atoms with Crippen LogP contribution in [0.3, 0.4) is 0 Å². The zero-order valence-corrected chi connectivity index (χ0v) is 19.9. The predicted molar refractivity (Wildman–Crippen MR) is 134 cm³/mol. The molecule has 0 aliphatic heterocycles. The Bertz CT molecular complexity index is 1660. The number of nitriles is 1. The topological polar surface area (TPSA) is 157 Å². The van der Waals surface area contributed by atoms with Crippen LogP contribution in [0.5, 0.6) is 0 Å². The van der Waals surface area contributed by atoms with Crippen molar-refractivity contribution in [3.63, 3.8) is 0 Å². The second kappa shape index (κ2) is 9.29. The van der Waals surface area contributed by atoms with Crippen LogP contribution in [-0.4, -0.2) is 59.3 Å². The number of benzene rings is 1. The van der Waals surface area contributed by atoms with Gasteiger partial charge in [-0.2, -0.15) is 20.7 Å². The highest BCUT2D eigenvalue weighted by molar-refractivity contribution is 6.00. The van der Waals surface area contributed by atoms with Crippen LogP contribution in [0.1, 0.15) is 29.8 Å². The smallest absolute Gasteiger partial charge is 0.255 e. The minimum atomic E-state index is -1.66. The van der Waals surface area contributed by atoms with Gasteiger partial charge >= 0.3 is 0 Å². The molecule has 5 aromatic rings. The standard InChI is InChI=1S/C25H22FN9O2/c1-25(2,37)21(26)13-30-24(36)17-12-28-22(35-6-5-15-7-14(10-27)11-29-23(15)35)9-19(17)31-16-3-4-18-20(8-16)33-34-32-18/h3-9,11-12,21,37H,13H2,1-2H3,(H,28,31)(H,30,36)(H,32,33,34). The molecule has 0 aliphatic rings. The van der Waals surface area contributed by atoms with E-state index in [1.165, 1.54) is 26.2 Å². The van der Waals surface area contributed by atoms with E-state index in [9.17, 15) is 14.3 Å². The lowest BCUT2D eigenvalue weighted by atomic mass is 10.0. The van der Waals surface area contributed by atoms with Gasteiger partial charge in [0.05, 0.1) is 29.0 Å². The number of aromatic nitrogens is 6. The summed E-state index contributed by atoms with van der Waals surface area (Å²) in [6.07, 6.45) is 2.96. The fourth-order valence-electron chi connectivity index (χ4n) is 3.73. The summed E-state index contributed by atoms with van der Waals surface area (Å²) in [4.78, 5) is 21.8. The summed E-state index contributed by atoms with van der Waals surface area (Å²) in [5, 5.41) is 36.2. The molecule has 0 fully saturated rings. The van der Waals surface area contributed by atoms with Crippen LogP contribution in [0.25, 0.3) is 27.9 Å². The fourth-order valence-corrected chi connectivity index (χ4v) is 3.73. The highest BCUT2D eigenvalue weighted by Gasteiger charge is 2.27. The summed E-state index contributed by atoms with van der Waals surface area (Å²) in [5.74, 6) is -0.0984. The van der Waals surface area contributed by atoms with Gasteiger partial charge in [0.25, 0.3) is 5.91 Å². The first-order chi connectivity index (χ1) is 17.7. The molecule has 4 N–H and O–H groups in total. The van der Waals surface area contributed by atoms with Gasteiger partial charge in [0, 0.05) is 35.7 Å². The van der Waals surface area contributed by atoms with Crippen molar-refractivity contribution in [2.75, 3.05) is 11.9 Å². The van der Waals surface area contributed by atoms with Gasteiger partial charge in [-0.3, -0.25) is 9.36 Å². The molecule has 0 spiro atoms. The Morgan fingerprint density at radius 1 is 1.19 bits per heavy atom. The lowest BCUT2D eigenvalue weighted by molar-refractivity contribution is -0.00177. The molecule has 37 heavy (non-hydrogen) atoms. The highest BCUT2D eigenvalue weighted by atomic mass is 19.1. The number of amides is 1. The second-order valence-electron chi connectivity index (χ2n) is 9.01. The average Bonchev–Trinajstić information content (AvgIpc) is 3.52. The van der Waals surface area contributed by atoms with Crippen molar-refractivity contribution in [2.24, 2.45) is 0 Å². The largest absolute Gasteiger partial charge is 0.387 e. The monoisotopic (exact) mass is 499 g/mol. The SMILES string of the molecule is CC(C)(O)C(F)CNC(=O)c1cnc(-n2ccc3cc(C#N)cnc32)cc1Nc1ccc2n[nH]nc2c1. The van der Waals surface area contributed by atoms with Crippen molar-refractivity contribution < 1.29 is 14.3 Å². The Labute approximate surface area is 210 Å². The van der Waals surface area contributed by atoms with E-state index in [0.717, 1.165) is 5.39 Å². The molecule has 4 heterocycles. The number of rotatable bonds is 7. The first-order valence-electron chi connectivity index (χ1n) is 11.3. The lowest BCUT2D eigenvalue weighted by Crippen LogP contribution is -2.42. The molecular formula is C25H22FN9O2. The van der Waals surface area contributed by atoms with Crippen LogP contribution < -0.4 is 10.6 Å². The van der Waals surface area contributed by atoms with Crippen molar-refractivity contribution >= 4 is 39.3 Å². The molecule has 1 amide bonds. The fraction of sp³-hybridized carbons (Fsp3) is 0.200. The molecular weight excluding hydrogens is 477 g/mol.